The Morgan fingerprint density at radius 3 is 2.38 bits per heavy atom. The predicted octanol–water partition coefficient (Wildman–Crippen LogP) is 8.10. The van der Waals surface area contributed by atoms with Crippen molar-refractivity contribution in [3.05, 3.63) is 84.7 Å². The summed E-state index contributed by atoms with van der Waals surface area (Å²) >= 11 is 0. The molecule has 2 aromatic carbocycles. The van der Waals surface area contributed by atoms with Crippen LogP contribution >= 0.6 is 0 Å². The minimum atomic E-state index is -0.0844. The molecule has 1 heteroatoms. The van der Waals surface area contributed by atoms with Gasteiger partial charge in [-0.1, -0.05) is 48.6 Å². The van der Waals surface area contributed by atoms with Gasteiger partial charge in [0.25, 0.3) is 0 Å². The zero-order valence-electron chi connectivity index (χ0n) is 17.5. The summed E-state index contributed by atoms with van der Waals surface area (Å²) in [5, 5.41) is 0. The summed E-state index contributed by atoms with van der Waals surface area (Å²) in [7, 11) is 0. The van der Waals surface area contributed by atoms with Crippen molar-refractivity contribution in [2.24, 2.45) is 17.8 Å². The number of allylic oxidation sites excluding steroid dienone is 2. The van der Waals surface area contributed by atoms with E-state index in [0.29, 0.717) is 17.4 Å². The average Bonchev–Trinajstić information content (AvgIpc) is 2.77. The Hall–Kier alpha value is -2.15. The first-order chi connectivity index (χ1) is 14.2. The highest BCUT2D eigenvalue weighted by Crippen LogP contribution is 2.48. The van der Waals surface area contributed by atoms with E-state index in [-0.39, 0.29) is 5.82 Å². The summed E-state index contributed by atoms with van der Waals surface area (Å²) in [5.41, 5.74) is 4.14. The summed E-state index contributed by atoms with van der Waals surface area (Å²) in [4.78, 5) is 0. The van der Waals surface area contributed by atoms with E-state index in [0.717, 1.165) is 30.2 Å². The van der Waals surface area contributed by atoms with Gasteiger partial charge < -0.3 is 0 Å². The minimum absolute atomic E-state index is 0.0844. The zero-order chi connectivity index (χ0) is 20.2. The van der Waals surface area contributed by atoms with E-state index in [1.54, 1.807) is 6.07 Å². The Kier molecular flexibility index (Phi) is 6.33. The van der Waals surface area contributed by atoms with Crippen molar-refractivity contribution in [2.45, 2.75) is 57.3 Å². The molecule has 4 atom stereocenters. The molecule has 0 saturated heterocycles. The van der Waals surface area contributed by atoms with E-state index in [4.69, 9.17) is 0 Å². The molecule has 29 heavy (non-hydrogen) atoms. The molecule has 4 unspecified atom stereocenters. The SMILES string of the molecule is C=CCCc1ccc(-c2ccc(C3CCC4CC(C=C)CCC4C3)cc2F)cc1. The largest absolute Gasteiger partial charge is 0.206 e. The van der Waals surface area contributed by atoms with Crippen LogP contribution in [0.2, 0.25) is 0 Å². The van der Waals surface area contributed by atoms with Gasteiger partial charge in [-0.15, -0.1) is 13.2 Å². The molecule has 0 nitrogen and oxygen atoms in total. The van der Waals surface area contributed by atoms with Crippen molar-refractivity contribution < 1.29 is 4.39 Å². The second-order valence-electron chi connectivity index (χ2n) is 9.10. The van der Waals surface area contributed by atoms with Crippen molar-refractivity contribution in [2.75, 3.05) is 0 Å². The van der Waals surface area contributed by atoms with E-state index >= 15 is 0 Å². The highest BCUT2D eigenvalue weighted by molar-refractivity contribution is 5.65. The number of hydrogen-bond donors (Lipinski definition) is 0. The number of fused-ring (bicyclic) bond motifs is 1. The third-order valence-electron chi connectivity index (χ3n) is 7.35. The summed E-state index contributed by atoms with van der Waals surface area (Å²) < 4.78 is 15.0. The molecular formula is C28H33F. The van der Waals surface area contributed by atoms with Crippen LogP contribution in [0.25, 0.3) is 11.1 Å². The topological polar surface area (TPSA) is 0 Å². The molecule has 0 spiro atoms. The Morgan fingerprint density at radius 1 is 0.897 bits per heavy atom. The molecular weight excluding hydrogens is 355 g/mol. The molecule has 4 rings (SSSR count). The summed E-state index contributed by atoms with van der Waals surface area (Å²) in [6.45, 7) is 7.77. The monoisotopic (exact) mass is 388 g/mol. The van der Waals surface area contributed by atoms with E-state index in [2.05, 4.69) is 37.4 Å². The van der Waals surface area contributed by atoms with Gasteiger partial charge in [0.05, 0.1) is 0 Å². The molecule has 2 aliphatic rings. The smallest absolute Gasteiger partial charge is 0.131 e. The Balaban J connectivity index is 1.45. The first kappa shape index (κ1) is 20.1. The molecule has 2 aliphatic carbocycles. The van der Waals surface area contributed by atoms with Gasteiger partial charge in [0, 0.05) is 5.56 Å². The van der Waals surface area contributed by atoms with E-state index in [9.17, 15) is 4.39 Å². The molecule has 152 valence electrons. The zero-order valence-corrected chi connectivity index (χ0v) is 17.5. The molecule has 2 saturated carbocycles. The minimum Gasteiger partial charge on any atom is -0.206 e. The van der Waals surface area contributed by atoms with Crippen molar-refractivity contribution in [1.82, 2.24) is 0 Å². The molecule has 0 heterocycles. The fourth-order valence-corrected chi connectivity index (χ4v) is 5.58. The van der Waals surface area contributed by atoms with Gasteiger partial charge in [0.1, 0.15) is 5.82 Å². The van der Waals surface area contributed by atoms with E-state index in [1.165, 1.54) is 49.7 Å². The van der Waals surface area contributed by atoms with Gasteiger partial charge in [-0.2, -0.15) is 0 Å². The molecule has 2 aromatic rings. The lowest BCUT2D eigenvalue weighted by Crippen LogP contribution is -2.29. The quantitative estimate of drug-likeness (QED) is 0.439. The molecule has 0 bridgehead atoms. The van der Waals surface area contributed by atoms with Gasteiger partial charge in [0.2, 0.25) is 0 Å². The first-order valence-corrected chi connectivity index (χ1v) is 11.3. The van der Waals surface area contributed by atoms with Gasteiger partial charge in [-0.25, -0.2) is 4.39 Å². The third kappa shape index (κ3) is 4.55. The van der Waals surface area contributed by atoms with Crippen LogP contribution in [0, 0.1) is 23.6 Å². The highest BCUT2D eigenvalue weighted by atomic mass is 19.1. The Bertz CT molecular complexity index is 847. The Labute approximate surface area is 175 Å². The first-order valence-electron chi connectivity index (χ1n) is 11.3. The maximum absolute atomic E-state index is 15.0. The van der Waals surface area contributed by atoms with Crippen LogP contribution in [0.3, 0.4) is 0 Å². The van der Waals surface area contributed by atoms with Crippen LogP contribution in [0.5, 0.6) is 0 Å². The van der Waals surface area contributed by atoms with Crippen molar-refractivity contribution >= 4 is 0 Å². The van der Waals surface area contributed by atoms with E-state index < -0.39 is 0 Å². The number of benzene rings is 2. The normalized spacial score (nSPS) is 26.5. The van der Waals surface area contributed by atoms with Crippen molar-refractivity contribution in [3.8, 4) is 11.1 Å². The standard InChI is InChI=1S/C28H33F/c1-3-5-6-21-8-10-22(11-9-21)27-16-15-26(19-28(27)29)25-14-13-23-17-20(4-2)7-12-24(23)18-25/h3-4,8-11,15-16,19-20,23-25H,1-2,5-7,12-14,17-18H2. The van der Waals surface area contributed by atoms with Crippen LogP contribution in [-0.2, 0) is 6.42 Å². The second-order valence-corrected chi connectivity index (χ2v) is 9.10. The summed E-state index contributed by atoms with van der Waals surface area (Å²) in [6, 6.07) is 14.3. The molecule has 0 aromatic heterocycles. The number of halogens is 1. The molecule has 0 amide bonds. The molecule has 2 fully saturated rings. The fourth-order valence-electron chi connectivity index (χ4n) is 5.58. The summed E-state index contributed by atoms with van der Waals surface area (Å²) in [6.07, 6.45) is 13.7. The van der Waals surface area contributed by atoms with Gasteiger partial charge >= 0.3 is 0 Å². The average molecular weight is 389 g/mol. The third-order valence-corrected chi connectivity index (χ3v) is 7.35. The predicted molar refractivity (Wildman–Crippen MR) is 121 cm³/mol. The maximum atomic E-state index is 15.0. The molecule has 0 aliphatic heterocycles. The lowest BCUT2D eigenvalue weighted by atomic mass is 9.64. The van der Waals surface area contributed by atoms with Crippen LogP contribution in [0.1, 0.15) is 62.0 Å². The van der Waals surface area contributed by atoms with Crippen LogP contribution in [0.15, 0.2) is 67.8 Å². The maximum Gasteiger partial charge on any atom is 0.131 e. The Morgan fingerprint density at radius 2 is 1.66 bits per heavy atom. The lowest BCUT2D eigenvalue weighted by molar-refractivity contribution is 0.133. The van der Waals surface area contributed by atoms with Crippen LogP contribution in [-0.4, -0.2) is 0 Å². The number of aryl methyl sites for hydroxylation is 1. The lowest BCUT2D eigenvalue weighted by Gasteiger charge is -2.41. The van der Waals surface area contributed by atoms with Crippen molar-refractivity contribution in [3.63, 3.8) is 0 Å². The molecule has 0 radical (unpaired) electrons. The molecule has 0 N–H and O–H groups in total. The fraction of sp³-hybridized carbons (Fsp3) is 0.429. The van der Waals surface area contributed by atoms with Crippen molar-refractivity contribution in [1.29, 1.82) is 0 Å². The van der Waals surface area contributed by atoms with Gasteiger partial charge in [0.15, 0.2) is 0 Å². The number of hydrogen-bond acceptors (Lipinski definition) is 0. The number of rotatable bonds is 6. The van der Waals surface area contributed by atoms with Gasteiger partial charge in [-0.3, -0.25) is 0 Å². The highest BCUT2D eigenvalue weighted by Gasteiger charge is 2.35. The van der Waals surface area contributed by atoms with Crippen LogP contribution < -0.4 is 0 Å². The van der Waals surface area contributed by atoms with Gasteiger partial charge in [-0.05, 0) is 97.8 Å². The second kappa shape index (κ2) is 9.11. The van der Waals surface area contributed by atoms with Crippen LogP contribution in [0.4, 0.5) is 4.39 Å². The summed E-state index contributed by atoms with van der Waals surface area (Å²) in [5.74, 6) is 2.82. The van der Waals surface area contributed by atoms with E-state index in [1.807, 2.05) is 24.3 Å².